The average Bonchev–Trinajstić information content (AvgIpc) is 2.65. The molecule has 0 radical (unpaired) electrons. The Kier molecular flexibility index (Phi) is 5.82. The molecule has 1 heterocycles. The summed E-state index contributed by atoms with van der Waals surface area (Å²) in [7, 11) is 0. The van der Waals surface area contributed by atoms with Gasteiger partial charge < -0.3 is 10.6 Å². The fraction of sp³-hybridized carbons (Fsp3) is 0.238. The van der Waals surface area contributed by atoms with E-state index in [1.165, 1.54) is 0 Å². The van der Waals surface area contributed by atoms with Gasteiger partial charge in [-0.25, -0.2) is 4.98 Å². The summed E-state index contributed by atoms with van der Waals surface area (Å²) < 4.78 is 40.4. The third kappa shape index (κ3) is 4.60. The molecule has 146 valence electrons. The first-order valence-electron chi connectivity index (χ1n) is 9.00. The maximum atomic E-state index is 13.5. The molecular formula is C21H21F3N4. The zero-order chi connectivity index (χ0) is 20.1. The van der Waals surface area contributed by atoms with Gasteiger partial charge in [-0.3, -0.25) is 0 Å². The molecule has 0 spiro atoms. The van der Waals surface area contributed by atoms with Crippen LogP contribution in [0.5, 0.6) is 0 Å². The number of aromatic nitrogens is 2. The molecule has 0 bridgehead atoms. The molecule has 0 unspecified atom stereocenters. The van der Waals surface area contributed by atoms with Gasteiger partial charge in [0.2, 0.25) is 5.95 Å². The van der Waals surface area contributed by atoms with Crippen LogP contribution in [-0.2, 0) is 12.6 Å². The fourth-order valence-electron chi connectivity index (χ4n) is 2.84. The van der Waals surface area contributed by atoms with Crippen LogP contribution in [0.3, 0.4) is 0 Å². The first kappa shape index (κ1) is 19.7. The van der Waals surface area contributed by atoms with Crippen molar-refractivity contribution in [2.45, 2.75) is 32.9 Å². The molecule has 0 fully saturated rings. The Morgan fingerprint density at radius 3 is 2.29 bits per heavy atom. The Morgan fingerprint density at radius 1 is 0.929 bits per heavy atom. The Labute approximate surface area is 161 Å². The molecule has 0 saturated heterocycles. The van der Waals surface area contributed by atoms with E-state index in [0.29, 0.717) is 5.69 Å². The molecule has 4 nitrogen and oxygen atoms in total. The number of anilines is 4. The van der Waals surface area contributed by atoms with Gasteiger partial charge in [0, 0.05) is 17.6 Å². The third-order valence-corrected chi connectivity index (χ3v) is 4.28. The maximum absolute atomic E-state index is 13.5. The van der Waals surface area contributed by atoms with E-state index in [0.717, 1.165) is 35.9 Å². The van der Waals surface area contributed by atoms with Crippen molar-refractivity contribution >= 4 is 23.1 Å². The molecule has 0 saturated carbocycles. The standard InChI is InChI=1S/C21H21F3N4/c1-3-8-15-10-5-7-12-18(15)26-19-16(21(22,23)24)13-25-20(28-19)27-17-11-6-4-9-14(17)2/h4-7,9-13H,3,8H2,1-2H3,(H2,25,26,27,28). The highest BCUT2D eigenvalue weighted by atomic mass is 19.4. The quantitative estimate of drug-likeness (QED) is 0.526. The Bertz CT molecular complexity index is 954. The van der Waals surface area contributed by atoms with E-state index in [-0.39, 0.29) is 11.8 Å². The number of hydrogen-bond acceptors (Lipinski definition) is 4. The van der Waals surface area contributed by atoms with E-state index >= 15 is 0 Å². The summed E-state index contributed by atoms with van der Waals surface area (Å²) in [6, 6.07) is 14.7. The molecule has 0 atom stereocenters. The third-order valence-electron chi connectivity index (χ3n) is 4.28. The second-order valence-electron chi connectivity index (χ2n) is 6.43. The van der Waals surface area contributed by atoms with Gasteiger partial charge in [0.15, 0.2) is 0 Å². The highest BCUT2D eigenvalue weighted by Gasteiger charge is 2.35. The van der Waals surface area contributed by atoms with Crippen molar-refractivity contribution in [2.75, 3.05) is 10.6 Å². The van der Waals surface area contributed by atoms with Crippen LogP contribution in [-0.4, -0.2) is 9.97 Å². The normalized spacial score (nSPS) is 11.3. The van der Waals surface area contributed by atoms with E-state index in [9.17, 15) is 13.2 Å². The lowest BCUT2D eigenvalue weighted by Gasteiger charge is -2.17. The minimum absolute atomic E-state index is 0.0952. The summed E-state index contributed by atoms with van der Waals surface area (Å²) >= 11 is 0. The Hall–Kier alpha value is -3.09. The van der Waals surface area contributed by atoms with Crippen LogP contribution in [0, 0.1) is 6.92 Å². The number of aryl methyl sites for hydroxylation is 2. The van der Waals surface area contributed by atoms with Crippen molar-refractivity contribution in [1.29, 1.82) is 0 Å². The average molecular weight is 386 g/mol. The lowest BCUT2D eigenvalue weighted by molar-refractivity contribution is -0.137. The first-order valence-corrected chi connectivity index (χ1v) is 9.00. The van der Waals surface area contributed by atoms with Gasteiger partial charge in [-0.1, -0.05) is 49.7 Å². The van der Waals surface area contributed by atoms with Gasteiger partial charge in [0.25, 0.3) is 0 Å². The summed E-state index contributed by atoms with van der Waals surface area (Å²) in [5, 5.41) is 5.85. The first-order chi connectivity index (χ1) is 13.4. The fourth-order valence-corrected chi connectivity index (χ4v) is 2.84. The van der Waals surface area contributed by atoms with Gasteiger partial charge in [0.1, 0.15) is 11.4 Å². The van der Waals surface area contributed by atoms with Gasteiger partial charge in [-0.15, -0.1) is 0 Å². The largest absolute Gasteiger partial charge is 0.421 e. The summed E-state index contributed by atoms with van der Waals surface area (Å²) in [6.45, 7) is 3.92. The van der Waals surface area contributed by atoms with E-state index in [1.807, 2.05) is 50.2 Å². The van der Waals surface area contributed by atoms with E-state index in [2.05, 4.69) is 20.6 Å². The maximum Gasteiger partial charge on any atom is 0.421 e. The molecule has 0 aliphatic carbocycles. The second-order valence-corrected chi connectivity index (χ2v) is 6.43. The molecule has 2 aromatic carbocycles. The summed E-state index contributed by atoms with van der Waals surface area (Å²) in [6.07, 6.45) is -2.12. The van der Waals surface area contributed by atoms with Crippen molar-refractivity contribution in [3.63, 3.8) is 0 Å². The molecule has 1 aromatic heterocycles. The van der Waals surface area contributed by atoms with Crippen LogP contribution in [0.2, 0.25) is 0 Å². The highest BCUT2D eigenvalue weighted by Crippen LogP contribution is 2.36. The molecule has 28 heavy (non-hydrogen) atoms. The lowest BCUT2D eigenvalue weighted by Crippen LogP contribution is -2.13. The second kappa shape index (κ2) is 8.29. The van der Waals surface area contributed by atoms with Crippen molar-refractivity contribution in [3.05, 3.63) is 71.4 Å². The van der Waals surface area contributed by atoms with E-state index < -0.39 is 11.7 Å². The minimum Gasteiger partial charge on any atom is -0.339 e. The lowest BCUT2D eigenvalue weighted by atomic mass is 10.1. The SMILES string of the molecule is CCCc1ccccc1Nc1nc(Nc2ccccc2C)ncc1C(F)(F)F. The molecule has 7 heteroatoms. The zero-order valence-electron chi connectivity index (χ0n) is 15.6. The smallest absolute Gasteiger partial charge is 0.339 e. The van der Waals surface area contributed by atoms with Crippen LogP contribution >= 0.6 is 0 Å². The van der Waals surface area contributed by atoms with Gasteiger partial charge >= 0.3 is 6.18 Å². The van der Waals surface area contributed by atoms with Crippen LogP contribution < -0.4 is 10.6 Å². The van der Waals surface area contributed by atoms with Crippen molar-refractivity contribution in [3.8, 4) is 0 Å². The van der Waals surface area contributed by atoms with Crippen LogP contribution in [0.4, 0.5) is 36.3 Å². The van der Waals surface area contributed by atoms with Crippen molar-refractivity contribution in [2.24, 2.45) is 0 Å². The number of benzene rings is 2. The number of hydrogen-bond donors (Lipinski definition) is 2. The number of rotatable bonds is 6. The topological polar surface area (TPSA) is 49.8 Å². The molecule has 0 aliphatic rings. The van der Waals surface area contributed by atoms with Gasteiger partial charge in [-0.05, 0) is 36.6 Å². The molecule has 0 aliphatic heterocycles. The predicted molar refractivity (Wildman–Crippen MR) is 105 cm³/mol. The van der Waals surface area contributed by atoms with Crippen molar-refractivity contribution in [1.82, 2.24) is 9.97 Å². The molecule has 2 N–H and O–H groups in total. The Morgan fingerprint density at radius 2 is 1.61 bits per heavy atom. The van der Waals surface area contributed by atoms with Crippen LogP contribution in [0.25, 0.3) is 0 Å². The van der Waals surface area contributed by atoms with E-state index in [1.54, 1.807) is 12.1 Å². The number of nitrogens with zero attached hydrogens (tertiary/aromatic N) is 2. The minimum atomic E-state index is -4.57. The summed E-state index contributed by atoms with van der Waals surface area (Å²) in [4.78, 5) is 7.98. The van der Waals surface area contributed by atoms with Gasteiger partial charge in [-0.2, -0.15) is 18.2 Å². The van der Waals surface area contributed by atoms with Crippen molar-refractivity contribution < 1.29 is 13.2 Å². The summed E-state index contributed by atoms with van der Waals surface area (Å²) in [5.41, 5.74) is 2.31. The Balaban J connectivity index is 1.99. The molecule has 3 rings (SSSR count). The zero-order valence-corrected chi connectivity index (χ0v) is 15.6. The monoisotopic (exact) mass is 386 g/mol. The highest BCUT2D eigenvalue weighted by molar-refractivity contribution is 5.66. The van der Waals surface area contributed by atoms with E-state index in [4.69, 9.17) is 0 Å². The van der Waals surface area contributed by atoms with Crippen LogP contribution in [0.1, 0.15) is 30.0 Å². The summed E-state index contributed by atoms with van der Waals surface area (Å²) in [5.74, 6) is -0.181. The van der Waals surface area contributed by atoms with Gasteiger partial charge in [0.05, 0.1) is 0 Å². The number of alkyl halides is 3. The predicted octanol–water partition coefficient (Wildman–Crippen LogP) is 6.24. The number of para-hydroxylation sites is 2. The molecule has 3 aromatic rings. The number of halogens is 3. The molecular weight excluding hydrogens is 365 g/mol. The molecule has 0 amide bonds. The van der Waals surface area contributed by atoms with Crippen LogP contribution in [0.15, 0.2) is 54.7 Å². The number of nitrogens with one attached hydrogen (secondary N) is 2.